The molecule has 0 bridgehead atoms. The van der Waals surface area contributed by atoms with Gasteiger partial charge < -0.3 is 25.8 Å². The molecule has 1 aliphatic heterocycles. The molecule has 2 aliphatic rings. The quantitative estimate of drug-likeness (QED) is 0.265. The molecule has 0 amide bonds. The zero-order valence-corrected chi connectivity index (χ0v) is 24.5. The molecule has 3 aromatic heterocycles. The number of aromatic amines is 1. The molecule has 4 heterocycles. The average molecular weight is 545 g/mol. The van der Waals surface area contributed by atoms with Gasteiger partial charge in [0.25, 0.3) is 0 Å². The number of aryl methyl sites for hydroxylation is 1. The highest BCUT2D eigenvalue weighted by Crippen LogP contribution is 2.39. The van der Waals surface area contributed by atoms with E-state index in [0.717, 1.165) is 59.6 Å². The second-order valence-corrected chi connectivity index (χ2v) is 13.2. The number of nitrogens with two attached hydrogens (primary N) is 2. The van der Waals surface area contributed by atoms with Gasteiger partial charge in [0.05, 0.1) is 28.2 Å². The van der Waals surface area contributed by atoms with Crippen LogP contribution in [0.15, 0.2) is 30.7 Å². The van der Waals surface area contributed by atoms with E-state index in [4.69, 9.17) is 21.2 Å². The standard InChI is InChI=1S/C31H44N8O/c1-18(2)38(15-22-8-11-27(40-22)39-16-23(32)28-29(33)34-17-35-30(28)39)21-12-19(13-21)6-10-26-36-24-9-7-20(31(3,4)5)14-25(24)37-26/h7,9,14,16-19,21-22,27H,6,8,10-13,15,32H2,1-5H3,(H,36,37)(H2,33,34,35). The van der Waals surface area contributed by atoms with Crippen molar-refractivity contribution >= 4 is 33.6 Å². The molecule has 1 aromatic carbocycles. The Bertz CT molecular complexity index is 1490. The third-order valence-corrected chi connectivity index (χ3v) is 9.01. The fourth-order valence-electron chi connectivity index (χ4n) is 6.59. The lowest BCUT2D eigenvalue weighted by atomic mass is 9.76. The van der Waals surface area contributed by atoms with E-state index in [1.807, 2.05) is 10.8 Å². The van der Waals surface area contributed by atoms with Crippen LogP contribution in [0, 0.1) is 5.92 Å². The number of H-pyrrole nitrogens is 1. The van der Waals surface area contributed by atoms with Crippen LogP contribution in [0.5, 0.6) is 0 Å². The average Bonchev–Trinajstić information content (AvgIpc) is 3.58. The molecule has 9 nitrogen and oxygen atoms in total. The summed E-state index contributed by atoms with van der Waals surface area (Å²) in [6.45, 7) is 12.3. The predicted octanol–water partition coefficient (Wildman–Crippen LogP) is 5.57. The van der Waals surface area contributed by atoms with Crippen LogP contribution in [0.25, 0.3) is 22.1 Å². The minimum Gasteiger partial charge on any atom is -0.397 e. The Morgan fingerprint density at radius 1 is 1.15 bits per heavy atom. The molecule has 1 saturated carbocycles. The Labute approximate surface area is 236 Å². The number of benzene rings is 1. The van der Waals surface area contributed by atoms with Crippen LogP contribution in [0.3, 0.4) is 0 Å². The van der Waals surface area contributed by atoms with E-state index < -0.39 is 0 Å². The van der Waals surface area contributed by atoms with Crippen molar-refractivity contribution in [3.8, 4) is 0 Å². The third kappa shape index (κ3) is 5.17. The smallest absolute Gasteiger partial charge is 0.149 e. The normalized spacial score (nSPS) is 23.6. The van der Waals surface area contributed by atoms with Gasteiger partial charge in [-0.15, -0.1) is 0 Å². The van der Waals surface area contributed by atoms with Crippen LogP contribution < -0.4 is 11.5 Å². The largest absolute Gasteiger partial charge is 0.397 e. The van der Waals surface area contributed by atoms with Crippen LogP contribution in [-0.2, 0) is 16.6 Å². The van der Waals surface area contributed by atoms with Crippen LogP contribution >= 0.6 is 0 Å². The van der Waals surface area contributed by atoms with Gasteiger partial charge >= 0.3 is 0 Å². The molecule has 0 spiro atoms. The highest BCUT2D eigenvalue weighted by molar-refractivity contribution is 5.97. The van der Waals surface area contributed by atoms with Gasteiger partial charge in [-0.05, 0) is 75.0 Å². The number of nitrogen functional groups attached to an aromatic ring is 2. The summed E-state index contributed by atoms with van der Waals surface area (Å²) in [6, 6.07) is 7.73. The number of rotatable bonds is 8. The Balaban J connectivity index is 1.02. The maximum absolute atomic E-state index is 6.55. The van der Waals surface area contributed by atoms with Crippen molar-refractivity contribution in [1.82, 2.24) is 29.4 Å². The van der Waals surface area contributed by atoms with Crippen molar-refractivity contribution in [3.05, 3.63) is 42.1 Å². The van der Waals surface area contributed by atoms with Gasteiger partial charge in [0, 0.05) is 31.2 Å². The van der Waals surface area contributed by atoms with Gasteiger partial charge in [0.15, 0.2) is 0 Å². The molecule has 40 heavy (non-hydrogen) atoms. The monoisotopic (exact) mass is 544 g/mol. The number of ether oxygens (including phenoxy) is 1. The minimum absolute atomic E-state index is 0.0782. The van der Waals surface area contributed by atoms with E-state index in [0.29, 0.717) is 23.6 Å². The number of imidazole rings is 1. The highest BCUT2D eigenvalue weighted by Gasteiger charge is 2.37. The molecule has 2 fully saturated rings. The SMILES string of the molecule is CC(C)N(CC1CCC(n2cc(N)c3c(N)ncnc32)O1)C1CC(CCc2nc3ccc(C(C)(C)C)cc3[nH]2)C1. The number of anilines is 2. The van der Waals surface area contributed by atoms with Crippen molar-refractivity contribution in [1.29, 1.82) is 0 Å². The van der Waals surface area contributed by atoms with E-state index in [9.17, 15) is 0 Å². The molecule has 4 aromatic rings. The van der Waals surface area contributed by atoms with Gasteiger partial charge in [0.1, 0.15) is 29.8 Å². The highest BCUT2D eigenvalue weighted by atomic mass is 16.5. The van der Waals surface area contributed by atoms with Crippen LogP contribution in [0.1, 0.15) is 84.3 Å². The molecule has 2 atom stereocenters. The second kappa shape index (κ2) is 10.3. The van der Waals surface area contributed by atoms with E-state index >= 15 is 0 Å². The number of nitrogens with one attached hydrogen (secondary N) is 1. The van der Waals surface area contributed by atoms with Gasteiger partial charge in [-0.1, -0.05) is 26.8 Å². The van der Waals surface area contributed by atoms with Crippen molar-refractivity contribution in [2.45, 2.75) is 103 Å². The first-order chi connectivity index (χ1) is 19.1. The Morgan fingerprint density at radius 3 is 2.70 bits per heavy atom. The molecule has 6 rings (SSSR count). The van der Waals surface area contributed by atoms with Crippen LogP contribution in [-0.4, -0.2) is 54.1 Å². The van der Waals surface area contributed by atoms with Gasteiger partial charge in [-0.3, -0.25) is 4.90 Å². The lowest BCUT2D eigenvalue weighted by molar-refractivity contribution is -0.0391. The lowest BCUT2D eigenvalue weighted by Gasteiger charge is -2.46. The minimum atomic E-state index is -0.0782. The maximum atomic E-state index is 6.55. The molecule has 5 N–H and O–H groups in total. The fourth-order valence-corrected chi connectivity index (χ4v) is 6.59. The summed E-state index contributed by atoms with van der Waals surface area (Å²) < 4.78 is 8.58. The van der Waals surface area contributed by atoms with E-state index in [-0.39, 0.29) is 17.7 Å². The number of fused-ring (bicyclic) bond motifs is 2. The summed E-state index contributed by atoms with van der Waals surface area (Å²) in [4.78, 5) is 19.6. The molecule has 9 heteroatoms. The van der Waals surface area contributed by atoms with E-state index in [2.05, 4.69) is 72.7 Å². The van der Waals surface area contributed by atoms with Crippen LogP contribution in [0.2, 0.25) is 0 Å². The van der Waals surface area contributed by atoms with E-state index in [1.54, 1.807) is 0 Å². The summed E-state index contributed by atoms with van der Waals surface area (Å²) in [7, 11) is 0. The summed E-state index contributed by atoms with van der Waals surface area (Å²) in [5.41, 5.74) is 17.3. The molecule has 1 saturated heterocycles. The number of hydrogen-bond donors (Lipinski definition) is 3. The van der Waals surface area contributed by atoms with Crippen LogP contribution in [0.4, 0.5) is 11.5 Å². The first-order valence-electron chi connectivity index (χ1n) is 14.8. The van der Waals surface area contributed by atoms with Gasteiger partial charge in [-0.25, -0.2) is 15.0 Å². The van der Waals surface area contributed by atoms with Crippen molar-refractivity contribution in [2.75, 3.05) is 18.0 Å². The van der Waals surface area contributed by atoms with E-state index in [1.165, 1.54) is 31.2 Å². The first kappa shape index (κ1) is 27.0. The molecular formula is C31H44N8O. The zero-order chi connectivity index (χ0) is 28.2. The maximum Gasteiger partial charge on any atom is 0.149 e. The summed E-state index contributed by atoms with van der Waals surface area (Å²) in [5, 5.41) is 0.719. The molecular weight excluding hydrogens is 500 g/mol. The number of aromatic nitrogens is 5. The second-order valence-electron chi connectivity index (χ2n) is 13.2. The predicted molar refractivity (Wildman–Crippen MR) is 161 cm³/mol. The number of nitrogens with zero attached hydrogens (tertiary/aromatic N) is 5. The lowest BCUT2D eigenvalue weighted by Crippen LogP contribution is -2.50. The van der Waals surface area contributed by atoms with Crippen molar-refractivity contribution < 1.29 is 4.74 Å². The molecule has 2 unspecified atom stereocenters. The number of hydrogen-bond acceptors (Lipinski definition) is 7. The Hall–Kier alpha value is -3.17. The van der Waals surface area contributed by atoms with Gasteiger partial charge in [-0.2, -0.15) is 0 Å². The Morgan fingerprint density at radius 2 is 1.95 bits per heavy atom. The zero-order valence-electron chi connectivity index (χ0n) is 24.5. The topological polar surface area (TPSA) is 124 Å². The Kier molecular flexibility index (Phi) is 6.99. The third-order valence-electron chi connectivity index (χ3n) is 9.01. The van der Waals surface area contributed by atoms with Gasteiger partial charge in [0.2, 0.25) is 0 Å². The first-order valence-corrected chi connectivity index (χ1v) is 14.8. The summed E-state index contributed by atoms with van der Waals surface area (Å²) in [5.74, 6) is 2.28. The van der Waals surface area contributed by atoms with Crippen molar-refractivity contribution in [2.24, 2.45) is 5.92 Å². The van der Waals surface area contributed by atoms with Crippen molar-refractivity contribution in [3.63, 3.8) is 0 Å². The molecule has 0 radical (unpaired) electrons. The summed E-state index contributed by atoms with van der Waals surface area (Å²) in [6.07, 6.45) is 10.1. The molecule has 1 aliphatic carbocycles. The summed E-state index contributed by atoms with van der Waals surface area (Å²) >= 11 is 0. The fraction of sp³-hybridized carbons (Fsp3) is 0.581. The molecule has 214 valence electrons.